The number of hydrogen-bond acceptors (Lipinski definition) is 9. The molecule has 0 radical (unpaired) electrons. The lowest BCUT2D eigenvalue weighted by Gasteiger charge is -2.16. The molecular weight excluding hydrogens is 432 g/mol. The molecule has 0 amide bonds. The van der Waals surface area contributed by atoms with Gasteiger partial charge >= 0.3 is 0 Å². The van der Waals surface area contributed by atoms with Crippen molar-refractivity contribution in [1.82, 2.24) is 24.5 Å². The van der Waals surface area contributed by atoms with Crippen molar-refractivity contribution in [3.05, 3.63) is 69.5 Å². The molecular formula is C21H17F2N9O. The van der Waals surface area contributed by atoms with E-state index in [0.717, 1.165) is 16.8 Å². The number of benzene rings is 1. The van der Waals surface area contributed by atoms with Gasteiger partial charge in [-0.3, -0.25) is 14.3 Å². The maximum absolute atomic E-state index is 14.5. The Hall–Kier alpha value is -4.66. The van der Waals surface area contributed by atoms with E-state index in [4.69, 9.17) is 11.5 Å². The fourth-order valence-electron chi connectivity index (χ4n) is 3.39. The van der Waals surface area contributed by atoms with Gasteiger partial charge in [-0.2, -0.15) is 15.2 Å². The highest BCUT2D eigenvalue weighted by atomic mass is 19.1. The fraction of sp³-hybridized carbons (Fsp3) is 0.143. The van der Waals surface area contributed by atoms with Crippen LogP contribution < -0.4 is 22.3 Å². The number of pyridine rings is 1. The molecule has 0 unspecified atom stereocenters. The standard InChI is InChI=1S/C21H17F2N9O/c1-10-13(23)8-27-9-15(10)32-16(29-14-4-2-3-12(22)17(14)20(32)33)5-6-28-19-11(7-24)18(25)30-21(26)31-19/h2-4,8-9H,5-6H2,1H3,(H5,25,26,28,30,31). The first-order valence-electron chi connectivity index (χ1n) is 9.69. The number of hydrogen-bond donors (Lipinski definition) is 3. The molecule has 33 heavy (non-hydrogen) atoms. The van der Waals surface area contributed by atoms with Gasteiger partial charge < -0.3 is 16.8 Å². The van der Waals surface area contributed by atoms with Crippen molar-refractivity contribution in [2.45, 2.75) is 13.3 Å². The normalized spacial score (nSPS) is 10.8. The summed E-state index contributed by atoms with van der Waals surface area (Å²) in [5, 5.41) is 12.0. The molecule has 0 bridgehead atoms. The summed E-state index contributed by atoms with van der Waals surface area (Å²) >= 11 is 0. The lowest BCUT2D eigenvalue weighted by Crippen LogP contribution is -2.27. The number of anilines is 3. The van der Waals surface area contributed by atoms with Crippen molar-refractivity contribution >= 4 is 28.5 Å². The third-order valence-corrected chi connectivity index (χ3v) is 4.99. The number of fused-ring (bicyclic) bond motifs is 1. The molecule has 166 valence electrons. The van der Waals surface area contributed by atoms with Gasteiger partial charge in [0.05, 0.1) is 23.6 Å². The van der Waals surface area contributed by atoms with Crippen molar-refractivity contribution in [3.63, 3.8) is 0 Å². The molecule has 1 aromatic carbocycles. The molecule has 3 aromatic heterocycles. The van der Waals surface area contributed by atoms with E-state index in [1.165, 1.54) is 25.3 Å². The van der Waals surface area contributed by atoms with Crippen LogP contribution in [-0.4, -0.2) is 31.0 Å². The van der Waals surface area contributed by atoms with Crippen molar-refractivity contribution < 1.29 is 8.78 Å². The predicted octanol–water partition coefficient (Wildman–Crippen LogP) is 1.85. The molecule has 0 aliphatic carbocycles. The Balaban J connectivity index is 1.80. The highest BCUT2D eigenvalue weighted by Crippen LogP contribution is 2.21. The van der Waals surface area contributed by atoms with Crippen LogP contribution in [0.4, 0.5) is 26.4 Å². The van der Waals surface area contributed by atoms with E-state index in [1.807, 2.05) is 6.07 Å². The van der Waals surface area contributed by atoms with Gasteiger partial charge in [-0.15, -0.1) is 0 Å². The van der Waals surface area contributed by atoms with Gasteiger partial charge in [-0.25, -0.2) is 13.8 Å². The molecule has 0 atom stereocenters. The van der Waals surface area contributed by atoms with Crippen molar-refractivity contribution in [2.24, 2.45) is 0 Å². The minimum absolute atomic E-state index is 0.0142. The van der Waals surface area contributed by atoms with Gasteiger partial charge in [-0.1, -0.05) is 6.07 Å². The summed E-state index contributed by atoms with van der Waals surface area (Å²) in [6.45, 7) is 1.62. The largest absolute Gasteiger partial charge is 0.382 e. The molecule has 0 aliphatic heterocycles. The second-order valence-electron chi connectivity index (χ2n) is 7.05. The number of nitriles is 1. The predicted molar refractivity (Wildman–Crippen MR) is 118 cm³/mol. The summed E-state index contributed by atoms with van der Waals surface area (Å²) in [4.78, 5) is 29.3. The Bertz CT molecular complexity index is 1490. The van der Waals surface area contributed by atoms with E-state index in [-0.39, 0.29) is 64.1 Å². The van der Waals surface area contributed by atoms with Crippen LogP contribution in [0.1, 0.15) is 17.0 Å². The third kappa shape index (κ3) is 3.87. The van der Waals surface area contributed by atoms with Crippen LogP contribution in [0.15, 0.2) is 35.4 Å². The molecule has 0 saturated carbocycles. The maximum Gasteiger partial charge on any atom is 0.269 e. The van der Waals surface area contributed by atoms with Crippen LogP contribution in [0.25, 0.3) is 16.6 Å². The number of halogens is 2. The van der Waals surface area contributed by atoms with Gasteiger partial charge in [0, 0.05) is 18.5 Å². The van der Waals surface area contributed by atoms with E-state index < -0.39 is 17.2 Å². The van der Waals surface area contributed by atoms with Gasteiger partial charge in [0.2, 0.25) is 5.95 Å². The molecule has 12 heteroatoms. The van der Waals surface area contributed by atoms with Crippen molar-refractivity contribution in [2.75, 3.05) is 23.3 Å². The van der Waals surface area contributed by atoms with E-state index in [0.29, 0.717) is 0 Å². The monoisotopic (exact) mass is 449 g/mol. The second-order valence-corrected chi connectivity index (χ2v) is 7.05. The van der Waals surface area contributed by atoms with Crippen LogP contribution in [-0.2, 0) is 6.42 Å². The minimum Gasteiger partial charge on any atom is -0.382 e. The summed E-state index contributed by atoms with van der Waals surface area (Å²) < 4.78 is 29.8. The Labute approximate surface area is 185 Å². The first kappa shape index (κ1) is 21.6. The number of nitrogen functional groups attached to an aromatic ring is 2. The number of nitrogens with zero attached hydrogens (tertiary/aromatic N) is 6. The molecule has 4 aromatic rings. The second kappa shape index (κ2) is 8.46. The average molecular weight is 449 g/mol. The van der Waals surface area contributed by atoms with Gasteiger partial charge in [0.25, 0.3) is 5.56 Å². The summed E-state index contributed by atoms with van der Waals surface area (Å²) in [6, 6.07) is 6.01. The lowest BCUT2D eigenvalue weighted by molar-refractivity contribution is 0.608. The maximum atomic E-state index is 14.5. The number of nitrogens with two attached hydrogens (primary N) is 2. The van der Waals surface area contributed by atoms with Crippen LogP contribution in [0, 0.1) is 29.9 Å². The van der Waals surface area contributed by atoms with Crippen molar-refractivity contribution in [3.8, 4) is 11.8 Å². The molecule has 4 rings (SSSR count). The lowest BCUT2D eigenvalue weighted by atomic mass is 10.2. The summed E-state index contributed by atoms with van der Waals surface area (Å²) in [5.74, 6) is -1.22. The van der Waals surface area contributed by atoms with E-state index in [9.17, 15) is 18.8 Å². The molecule has 0 spiro atoms. The van der Waals surface area contributed by atoms with Crippen LogP contribution in [0.3, 0.4) is 0 Å². The summed E-state index contributed by atoms with van der Waals surface area (Å²) in [7, 11) is 0. The zero-order valence-corrected chi connectivity index (χ0v) is 17.3. The Morgan fingerprint density at radius 2 is 1.94 bits per heavy atom. The molecule has 5 N–H and O–H groups in total. The Morgan fingerprint density at radius 1 is 1.15 bits per heavy atom. The third-order valence-electron chi connectivity index (χ3n) is 4.99. The van der Waals surface area contributed by atoms with E-state index in [2.05, 4.69) is 25.3 Å². The highest BCUT2D eigenvalue weighted by molar-refractivity contribution is 5.78. The molecule has 3 heterocycles. The smallest absolute Gasteiger partial charge is 0.269 e. The topological polar surface area (TPSA) is 161 Å². The quantitative estimate of drug-likeness (QED) is 0.413. The highest BCUT2D eigenvalue weighted by Gasteiger charge is 2.19. The SMILES string of the molecule is Cc1c(F)cncc1-n1c(CCNc2nc(N)nc(N)c2C#N)nc2cccc(F)c2c1=O. The molecule has 0 saturated heterocycles. The molecule has 0 aliphatic rings. The summed E-state index contributed by atoms with van der Waals surface area (Å²) in [5.41, 5.74) is 11.1. The van der Waals surface area contributed by atoms with Gasteiger partial charge in [-0.05, 0) is 19.1 Å². The van der Waals surface area contributed by atoms with Crippen LogP contribution in [0.2, 0.25) is 0 Å². The van der Waals surface area contributed by atoms with Gasteiger partial charge in [0.15, 0.2) is 5.82 Å². The summed E-state index contributed by atoms with van der Waals surface area (Å²) in [6.07, 6.45) is 2.45. The van der Waals surface area contributed by atoms with Crippen molar-refractivity contribution in [1.29, 1.82) is 5.26 Å². The first-order chi connectivity index (χ1) is 15.8. The number of rotatable bonds is 5. The zero-order valence-electron chi connectivity index (χ0n) is 17.3. The zero-order chi connectivity index (χ0) is 23.7. The average Bonchev–Trinajstić information content (AvgIpc) is 2.76. The molecule has 0 fully saturated rings. The van der Waals surface area contributed by atoms with E-state index in [1.54, 1.807) is 0 Å². The first-order valence-corrected chi connectivity index (χ1v) is 9.69. The fourth-order valence-corrected chi connectivity index (χ4v) is 3.39. The van der Waals surface area contributed by atoms with Crippen LogP contribution in [0.5, 0.6) is 0 Å². The Kier molecular flexibility index (Phi) is 5.53. The molecule has 10 nitrogen and oxygen atoms in total. The number of nitrogens with one attached hydrogen (secondary N) is 1. The Morgan fingerprint density at radius 3 is 2.70 bits per heavy atom. The van der Waals surface area contributed by atoms with E-state index >= 15 is 0 Å². The minimum atomic E-state index is -0.740. The van der Waals surface area contributed by atoms with Gasteiger partial charge in [0.1, 0.15) is 40.3 Å². The van der Waals surface area contributed by atoms with Crippen LogP contribution >= 0.6 is 0 Å². The number of aromatic nitrogens is 5.